The van der Waals surface area contributed by atoms with E-state index in [9.17, 15) is 19.2 Å². The summed E-state index contributed by atoms with van der Waals surface area (Å²) in [6.45, 7) is 3.56. The summed E-state index contributed by atoms with van der Waals surface area (Å²) in [6, 6.07) is 9.74. The number of nitrogens with zero attached hydrogens (tertiary/aromatic N) is 2. The van der Waals surface area contributed by atoms with Crippen molar-refractivity contribution in [2.75, 3.05) is 36.5 Å². The Labute approximate surface area is 197 Å². The van der Waals surface area contributed by atoms with Gasteiger partial charge in [0.1, 0.15) is 5.82 Å². The van der Waals surface area contributed by atoms with Crippen LogP contribution in [0, 0.1) is 5.92 Å². The van der Waals surface area contributed by atoms with Crippen LogP contribution in [-0.2, 0) is 25.5 Å². The highest BCUT2D eigenvalue weighted by Crippen LogP contribution is 2.30. The van der Waals surface area contributed by atoms with Crippen LogP contribution in [0.3, 0.4) is 0 Å². The summed E-state index contributed by atoms with van der Waals surface area (Å²) in [5.41, 5.74) is 0.804. The first-order chi connectivity index (χ1) is 16.5. The molecule has 0 spiro atoms. The first kappa shape index (κ1) is 23.5. The second-order valence-electron chi connectivity index (χ2n) is 8.50. The van der Waals surface area contributed by atoms with Gasteiger partial charge in [0.2, 0.25) is 17.8 Å². The maximum absolute atomic E-state index is 13.0. The Balaban J connectivity index is 1.45. The van der Waals surface area contributed by atoms with Gasteiger partial charge in [0.15, 0.2) is 0 Å². The maximum atomic E-state index is 13.0. The Morgan fingerprint density at radius 2 is 1.91 bits per heavy atom. The largest absolute Gasteiger partial charge is 0.466 e. The summed E-state index contributed by atoms with van der Waals surface area (Å²) >= 11 is 0. The van der Waals surface area contributed by atoms with Gasteiger partial charge in [-0.25, -0.2) is 0 Å². The van der Waals surface area contributed by atoms with Crippen molar-refractivity contribution in [2.24, 2.45) is 5.92 Å². The Morgan fingerprint density at radius 1 is 1.18 bits per heavy atom. The fourth-order valence-electron chi connectivity index (χ4n) is 4.42. The van der Waals surface area contributed by atoms with Gasteiger partial charge in [0, 0.05) is 26.1 Å². The number of anilines is 2. The molecule has 2 amide bonds. The molecular weight excluding hydrogens is 438 g/mol. The van der Waals surface area contributed by atoms with Crippen molar-refractivity contribution >= 4 is 29.5 Å². The van der Waals surface area contributed by atoms with E-state index in [-0.39, 0.29) is 41.5 Å². The standard InChI is InChI=1S/C24H29N5O5/c1-2-34-23(33)16-9-12-29(13-10-16)24-27-20-19(22(32)28-24)17(14-18(30)26-20)21(31)25-11-8-15-6-4-3-5-7-15/h3-7,16-17H,2,8-14H2,1H3,(H,25,31)(H2,26,27,28,30,32). The lowest BCUT2D eigenvalue weighted by molar-refractivity contribution is -0.148. The average molecular weight is 468 g/mol. The lowest BCUT2D eigenvalue weighted by Gasteiger charge is -2.32. The van der Waals surface area contributed by atoms with Gasteiger partial charge in [0.25, 0.3) is 5.56 Å². The van der Waals surface area contributed by atoms with Crippen LogP contribution < -0.4 is 21.1 Å². The summed E-state index contributed by atoms with van der Waals surface area (Å²) in [7, 11) is 0. The minimum absolute atomic E-state index is 0.112. The van der Waals surface area contributed by atoms with E-state index in [4.69, 9.17) is 4.74 Å². The quantitative estimate of drug-likeness (QED) is 0.523. The second-order valence-corrected chi connectivity index (χ2v) is 8.50. The van der Waals surface area contributed by atoms with Gasteiger partial charge in [-0.1, -0.05) is 30.3 Å². The predicted molar refractivity (Wildman–Crippen MR) is 126 cm³/mol. The molecule has 2 aromatic rings. The molecule has 34 heavy (non-hydrogen) atoms. The summed E-state index contributed by atoms with van der Waals surface area (Å²) in [5, 5.41) is 5.48. The molecule has 1 aromatic heterocycles. The van der Waals surface area contributed by atoms with Crippen LogP contribution in [0.15, 0.2) is 35.1 Å². The number of rotatable bonds is 7. The number of hydrogen-bond donors (Lipinski definition) is 3. The Kier molecular flexibility index (Phi) is 7.24. The molecule has 1 aromatic carbocycles. The van der Waals surface area contributed by atoms with E-state index in [1.165, 1.54) is 0 Å². The second kappa shape index (κ2) is 10.5. The smallest absolute Gasteiger partial charge is 0.309 e. The van der Waals surface area contributed by atoms with E-state index in [0.29, 0.717) is 51.5 Å². The maximum Gasteiger partial charge on any atom is 0.309 e. The zero-order valence-electron chi connectivity index (χ0n) is 19.1. The normalized spacial score (nSPS) is 18.1. The number of aromatic amines is 1. The number of carbonyl (C=O) groups is 3. The summed E-state index contributed by atoms with van der Waals surface area (Å²) in [5.74, 6) is -1.59. The van der Waals surface area contributed by atoms with E-state index >= 15 is 0 Å². The molecule has 1 unspecified atom stereocenters. The van der Waals surface area contributed by atoms with Crippen molar-refractivity contribution in [1.82, 2.24) is 15.3 Å². The van der Waals surface area contributed by atoms with E-state index in [0.717, 1.165) is 5.56 Å². The van der Waals surface area contributed by atoms with Crippen LogP contribution >= 0.6 is 0 Å². The number of esters is 1. The molecule has 10 heteroatoms. The molecule has 2 aliphatic rings. The van der Waals surface area contributed by atoms with E-state index < -0.39 is 11.5 Å². The van der Waals surface area contributed by atoms with E-state index in [2.05, 4.69) is 20.6 Å². The lowest BCUT2D eigenvalue weighted by Crippen LogP contribution is -2.42. The molecule has 1 saturated heterocycles. The molecule has 0 aliphatic carbocycles. The number of amides is 2. The van der Waals surface area contributed by atoms with Gasteiger partial charge < -0.3 is 20.3 Å². The number of nitrogens with one attached hydrogen (secondary N) is 3. The highest BCUT2D eigenvalue weighted by atomic mass is 16.5. The lowest BCUT2D eigenvalue weighted by atomic mass is 9.92. The van der Waals surface area contributed by atoms with E-state index in [1.807, 2.05) is 35.2 Å². The van der Waals surface area contributed by atoms with E-state index in [1.54, 1.807) is 6.92 Å². The molecule has 0 bridgehead atoms. The van der Waals surface area contributed by atoms with Gasteiger partial charge in [-0.3, -0.25) is 24.2 Å². The highest BCUT2D eigenvalue weighted by Gasteiger charge is 2.35. The van der Waals surface area contributed by atoms with Crippen molar-refractivity contribution in [3.63, 3.8) is 0 Å². The topological polar surface area (TPSA) is 133 Å². The van der Waals surface area contributed by atoms with Crippen LogP contribution in [0.25, 0.3) is 0 Å². The first-order valence-corrected chi connectivity index (χ1v) is 11.6. The zero-order valence-corrected chi connectivity index (χ0v) is 19.1. The van der Waals surface area contributed by atoms with Crippen LogP contribution in [0.4, 0.5) is 11.8 Å². The third kappa shape index (κ3) is 5.27. The van der Waals surface area contributed by atoms with Crippen molar-refractivity contribution in [2.45, 2.75) is 38.5 Å². The molecular formula is C24H29N5O5. The Morgan fingerprint density at radius 3 is 2.62 bits per heavy atom. The van der Waals surface area contributed by atoms with Gasteiger partial charge >= 0.3 is 5.97 Å². The number of benzene rings is 1. The van der Waals surface area contributed by atoms with Gasteiger partial charge in [-0.15, -0.1) is 0 Å². The van der Waals surface area contributed by atoms with Crippen LogP contribution in [0.2, 0.25) is 0 Å². The number of carbonyl (C=O) groups excluding carboxylic acids is 3. The average Bonchev–Trinajstić information content (AvgIpc) is 2.84. The SMILES string of the molecule is CCOC(=O)C1CCN(c2nc3c(c(=O)[nH]2)C(C(=O)NCCc2ccccc2)CC(=O)N3)CC1. The highest BCUT2D eigenvalue weighted by molar-refractivity contribution is 6.00. The van der Waals surface area contributed by atoms with Crippen molar-refractivity contribution in [3.8, 4) is 0 Å². The molecule has 2 aliphatic heterocycles. The number of hydrogen-bond acceptors (Lipinski definition) is 7. The third-order valence-electron chi connectivity index (χ3n) is 6.23. The van der Waals surface area contributed by atoms with Crippen LogP contribution in [-0.4, -0.2) is 54.0 Å². The molecule has 0 saturated carbocycles. The minimum Gasteiger partial charge on any atom is -0.466 e. The summed E-state index contributed by atoms with van der Waals surface area (Å²) in [6.07, 6.45) is 1.70. The first-order valence-electron chi connectivity index (χ1n) is 11.6. The van der Waals surface area contributed by atoms with Crippen molar-refractivity contribution in [1.29, 1.82) is 0 Å². The van der Waals surface area contributed by atoms with Gasteiger partial charge in [-0.05, 0) is 31.7 Å². The van der Waals surface area contributed by atoms with Gasteiger partial charge in [-0.2, -0.15) is 4.98 Å². The van der Waals surface area contributed by atoms with Crippen LogP contribution in [0.5, 0.6) is 0 Å². The third-order valence-corrected chi connectivity index (χ3v) is 6.23. The van der Waals surface area contributed by atoms with Gasteiger partial charge in [0.05, 0.1) is 24.0 Å². The molecule has 1 atom stereocenters. The number of fused-ring (bicyclic) bond motifs is 1. The fourth-order valence-corrected chi connectivity index (χ4v) is 4.42. The van der Waals surface area contributed by atoms with Crippen molar-refractivity contribution in [3.05, 3.63) is 51.8 Å². The number of aromatic nitrogens is 2. The molecule has 3 N–H and O–H groups in total. The molecule has 10 nitrogen and oxygen atoms in total. The molecule has 1 fully saturated rings. The number of ether oxygens (including phenoxy) is 1. The zero-order chi connectivity index (χ0) is 24.1. The fraction of sp³-hybridized carbons (Fsp3) is 0.458. The molecule has 180 valence electrons. The number of piperidine rings is 1. The summed E-state index contributed by atoms with van der Waals surface area (Å²) in [4.78, 5) is 59.2. The Hall–Kier alpha value is -3.69. The molecule has 4 rings (SSSR count). The Bertz CT molecular complexity index is 1110. The monoisotopic (exact) mass is 467 g/mol. The van der Waals surface area contributed by atoms with Crippen LogP contribution in [0.1, 0.15) is 43.2 Å². The molecule has 0 radical (unpaired) electrons. The summed E-state index contributed by atoms with van der Waals surface area (Å²) < 4.78 is 5.10. The minimum atomic E-state index is -0.903. The molecule has 3 heterocycles. The van der Waals surface area contributed by atoms with Crippen molar-refractivity contribution < 1.29 is 19.1 Å². The number of H-pyrrole nitrogens is 1. The predicted octanol–water partition coefficient (Wildman–Crippen LogP) is 1.33.